The number of fused-ring (bicyclic) bond motifs is 3. The van der Waals surface area contributed by atoms with E-state index in [1.54, 1.807) is 0 Å². The zero-order valence-corrected chi connectivity index (χ0v) is 19.7. The number of nitrogens with one attached hydrogen (secondary N) is 2. The van der Waals surface area contributed by atoms with Crippen LogP contribution < -0.4 is 10.6 Å². The minimum absolute atomic E-state index is 0.0594. The van der Waals surface area contributed by atoms with Crippen molar-refractivity contribution in [3.63, 3.8) is 0 Å². The van der Waals surface area contributed by atoms with E-state index in [9.17, 15) is 14.4 Å². The van der Waals surface area contributed by atoms with E-state index in [0.29, 0.717) is 5.69 Å². The molecular weight excluding hydrogens is 444 g/mol. The van der Waals surface area contributed by atoms with Crippen molar-refractivity contribution in [3.05, 3.63) is 89.0 Å². The number of carbonyl (C=O) groups is 3. The van der Waals surface area contributed by atoms with Gasteiger partial charge in [-0.15, -0.1) is 0 Å². The lowest BCUT2D eigenvalue weighted by Crippen LogP contribution is -2.44. The van der Waals surface area contributed by atoms with Crippen LogP contribution >= 0.6 is 0 Å². The summed E-state index contributed by atoms with van der Waals surface area (Å²) in [6.45, 7) is 3.93. The number of carboxylic acid groups (broad SMARTS) is 1. The number of benzene rings is 3. The number of hydrogen-bond acceptors (Lipinski definition) is 4. The number of rotatable bonds is 8. The molecular formula is C28H28N2O5. The largest absolute Gasteiger partial charge is 0.481 e. The molecule has 0 saturated heterocycles. The van der Waals surface area contributed by atoms with Gasteiger partial charge in [-0.3, -0.25) is 9.59 Å². The summed E-state index contributed by atoms with van der Waals surface area (Å²) >= 11 is 0. The summed E-state index contributed by atoms with van der Waals surface area (Å²) < 4.78 is 5.54. The topological polar surface area (TPSA) is 105 Å². The average Bonchev–Trinajstić information content (AvgIpc) is 3.13. The fourth-order valence-corrected chi connectivity index (χ4v) is 4.60. The molecule has 35 heavy (non-hydrogen) atoms. The van der Waals surface area contributed by atoms with Crippen LogP contribution in [-0.4, -0.2) is 35.7 Å². The Labute approximate surface area is 204 Å². The van der Waals surface area contributed by atoms with Gasteiger partial charge in [-0.25, -0.2) is 4.79 Å². The quantitative estimate of drug-likeness (QED) is 0.427. The number of anilines is 1. The highest BCUT2D eigenvalue weighted by Gasteiger charge is 2.30. The van der Waals surface area contributed by atoms with Crippen molar-refractivity contribution in [1.82, 2.24) is 5.32 Å². The van der Waals surface area contributed by atoms with Gasteiger partial charge in [0.2, 0.25) is 5.91 Å². The van der Waals surface area contributed by atoms with Crippen LogP contribution in [0.25, 0.3) is 11.1 Å². The van der Waals surface area contributed by atoms with E-state index < -0.39 is 24.0 Å². The Morgan fingerprint density at radius 3 is 2.06 bits per heavy atom. The van der Waals surface area contributed by atoms with E-state index in [-0.39, 0.29) is 25.4 Å². The number of aryl methyl sites for hydroxylation is 2. The molecule has 1 aliphatic carbocycles. The molecule has 0 aliphatic heterocycles. The molecule has 1 aliphatic rings. The minimum atomic E-state index is -1.05. The maximum atomic E-state index is 12.9. The molecule has 4 rings (SSSR count). The molecule has 0 saturated carbocycles. The van der Waals surface area contributed by atoms with Crippen LogP contribution in [0.3, 0.4) is 0 Å². The molecule has 0 heterocycles. The molecule has 3 aromatic carbocycles. The predicted molar refractivity (Wildman–Crippen MR) is 133 cm³/mol. The Bertz CT molecular complexity index is 1200. The molecule has 0 bridgehead atoms. The Morgan fingerprint density at radius 2 is 1.49 bits per heavy atom. The minimum Gasteiger partial charge on any atom is -0.481 e. The van der Waals surface area contributed by atoms with E-state index in [0.717, 1.165) is 33.4 Å². The fourth-order valence-electron chi connectivity index (χ4n) is 4.60. The van der Waals surface area contributed by atoms with Crippen molar-refractivity contribution >= 4 is 23.7 Å². The van der Waals surface area contributed by atoms with Gasteiger partial charge in [-0.2, -0.15) is 0 Å². The van der Waals surface area contributed by atoms with Gasteiger partial charge in [0, 0.05) is 18.0 Å². The van der Waals surface area contributed by atoms with E-state index in [1.165, 1.54) is 0 Å². The Kier molecular flexibility index (Phi) is 7.15. The summed E-state index contributed by atoms with van der Waals surface area (Å²) in [6.07, 6.45) is -1.09. The van der Waals surface area contributed by atoms with Gasteiger partial charge in [0.25, 0.3) is 0 Å². The number of amides is 2. The molecule has 3 N–H and O–H groups in total. The Morgan fingerprint density at radius 1 is 0.914 bits per heavy atom. The van der Waals surface area contributed by atoms with Gasteiger partial charge in [0.15, 0.2) is 0 Å². The van der Waals surface area contributed by atoms with Crippen LogP contribution in [-0.2, 0) is 14.3 Å². The van der Waals surface area contributed by atoms with Crippen molar-refractivity contribution in [3.8, 4) is 11.1 Å². The lowest BCUT2D eigenvalue weighted by atomic mass is 9.98. The van der Waals surface area contributed by atoms with Crippen LogP contribution in [0.1, 0.15) is 41.0 Å². The summed E-state index contributed by atoms with van der Waals surface area (Å²) in [6, 6.07) is 20.6. The maximum absolute atomic E-state index is 12.9. The highest BCUT2D eigenvalue weighted by Crippen LogP contribution is 2.44. The van der Waals surface area contributed by atoms with Gasteiger partial charge in [-0.1, -0.05) is 54.6 Å². The third-order valence-electron chi connectivity index (χ3n) is 6.09. The van der Waals surface area contributed by atoms with Crippen molar-refractivity contribution in [2.45, 2.75) is 38.6 Å². The first-order valence-electron chi connectivity index (χ1n) is 11.5. The highest BCUT2D eigenvalue weighted by atomic mass is 16.5. The normalized spacial score (nSPS) is 12.9. The number of alkyl carbamates (subject to hydrolysis) is 1. The summed E-state index contributed by atoms with van der Waals surface area (Å²) in [7, 11) is 0. The van der Waals surface area contributed by atoms with Crippen molar-refractivity contribution in [2.75, 3.05) is 11.9 Å². The number of aliphatic carboxylic acids is 1. The number of hydrogen-bond donors (Lipinski definition) is 3. The van der Waals surface area contributed by atoms with Crippen molar-refractivity contribution in [1.29, 1.82) is 0 Å². The molecule has 180 valence electrons. The summed E-state index contributed by atoms with van der Waals surface area (Å²) in [5, 5.41) is 14.4. The first-order chi connectivity index (χ1) is 16.8. The Hall–Kier alpha value is -4.13. The van der Waals surface area contributed by atoms with E-state index in [2.05, 4.69) is 10.6 Å². The van der Waals surface area contributed by atoms with Crippen LogP contribution in [0.5, 0.6) is 0 Å². The monoisotopic (exact) mass is 472 g/mol. The summed E-state index contributed by atoms with van der Waals surface area (Å²) in [5.74, 6) is -1.66. The molecule has 2 amide bonds. The molecule has 3 aromatic rings. The van der Waals surface area contributed by atoms with Gasteiger partial charge in [0.05, 0.1) is 0 Å². The lowest BCUT2D eigenvalue weighted by Gasteiger charge is -2.19. The highest BCUT2D eigenvalue weighted by molar-refractivity contribution is 5.97. The van der Waals surface area contributed by atoms with E-state index in [1.807, 2.05) is 80.6 Å². The molecule has 0 spiro atoms. The van der Waals surface area contributed by atoms with E-state index in [4.69, 9.17) is 9.84 Å². The zero-order valence-electron chi connectivity index (χ0n) is 19.7. The summed E-state index contributed by atoms with van der Waals surface area (Å²) in [4.78, 5) is 36.7. The van der Waals surface area contributed by atoms with Crippen LogP contribution in [0, 0.1) is 13.8 Å². The first-order valence-corrected chi connectivity index (χ1v) is 11.5. The van der Waals surface area contributed by atoms with Gasteiger partial charge in [-0.05, 0) is 65.8 Å². The SMILES string of the molecule is Cc1cc(C)cc(NC(=O)C(CCC(=O)O)NC(=O)OCC2c3ccccc3-c3ccccc32)c1. The molecule has 0 fully saturated rings. The third-order valence-corrected chi connectivity index (χ3v) is 6.09. The lowest BCUT2D eigenvalue weighted by molar-refractivity contribution is -0.137. The van der Waals surface area contributed by atoms with Gasteiger partial charge in [0.1, 0.15) is 12.6 Å². The second kappa shape index (κ2) is 10.4. The second-order valence-corrected chi connectivity index (χ2v) is 8.82. The standard InChI is InChI=1S/C28H28N2O5/c1-17-13-18(2)15-19(14-17)29-27(33)25(11-12-26(31)32)30-28(34)35-16-24-22-9-5-3-7-20(22)21-8-4-6-10-23(21)24/h3-10,13-15,24-25H,11-12,16H2,1-2H3,(H,29,33)(H,30,34)(H,31,32). The summed E-state index contributed by atoms with van der Waals surface area (Å²) in [5.41, 5.74) is 6.93. The van der Waals surface area contributed by atoms with Crippen molar-refractivity contribution < 1.29 is 24.2 Å². The van der Waals surface area contributed by atoms with Gasteiger partial charge < -0.3 is 20.5 Å². The number of carbonyl (C=O) groups excluding carboxylic acids is 2. The average molecular weight is 473 g/mol. The molecule has 7 heteroatoms. The maximum Gasteiger partial charge on any atom is 0.407 e. The second-order valence-electron chi connectivity index (χ2n) is 8.82. The first kappa shape index (κ1) is 24.0. The smallest absolute Gasteiger partial charge is 0.407 e. The van der Waals surface area contributed by atoms with Crippen LogP contribution in [0.2, 0.25) is 0 Å². The van der Waals surface area contributed by atoms with Crippen LogP contribution in [0.4, 0.5) is 10.5 Å². The molecule has 0 radical (unpaired) electrons. The van der Waals surface area contributed by atoms with E-state index >= 15 is 0 Å². The predicted octanol–water partition coefficient (Wildman–Crippen LogP) is 5.01. The molecule has 0 aromatic heterocycles. The molecule has 1 atom stereocenters. The number of ether oxygens (including phenoxy) is 1. The number of carboxylic acids is 1. The molecule has 1 unspecified atom stereocenters. The van der Waals surface area contributed by atoms with Crippen LogP contribution in [0.15, 0.2) is 66.7 Å². The zero-order chi connectivity index (χ0) is 24.9. The Balaban J connectivity index is 1.43. The van der Waals surface area contributed by atoms with Crippen molar-refractivity contribution in [2.24, 2.45) is 0 Å². The molecule has 7 nitrogen and oxygen atoms in total. The fraction of sp³-hybridized carbons (Fsp3) is 0.250. The van der Waals surface area contributed by atoms with Gasteiger partial charge >= 0.3 is 12.1 Å². The third kappa shape index (κ3) is 5.69.